The number of halogens is 1. The van der Waals surface area contributed by atoms with Crippen LogP contribution in [0, 0.1) is 0 Å². The van der Waals surface area contributed by atoms with E-state index in [1.165, 1.54) is 43.3 Å². The second-order valence-corrected chi connectivity index (χ2v) is 10.4. The van der Waals surface area contributed by atoms with Gasteiger partial charge in [0.25, 0.3) is 6.33 Å². The predicted molar refractivity (Wildman–Crippen MR) is 144 cm³/mol. The molecular formula is C31H31ClN2S. The van der Waals surface area contributed by atoms with Crippen LogP contribution in [-0.4, -0.2) is 4.57 Å². The number of para-hydroxylation sites is 4. The number of nitrogens with zero attached hydrogens (tertiary/aromatic N) is 2. The van der Waals surface area contributed by atoms with Gasteiger partial charge in [-0.25, -0.2) is 0 Å². The Morgan fingerprint density at radius 3 is 1.94 bits per heavy atom. The molecule has 5 aromatic rings. The molecule has 35 heavy (non-hydrogen) atoms. The van der Waals surface area contributed by atoms with Crippen LogP contribution in [0.1, 0.15) is 50.7 Å². The van der Waals surface area contributed by atoms with Gasteiger partial charge in [0, 0.05) is 16.0 Å². The molecule has 0 fully saturated rings. The summed E-state index contributed by atoms with van der Waals surface area (Å²) >= 11 is 1.81. The third kappa shape index (κ3) is 4.89. The van der Waals surface area contributed by atoms with Gasteiger partial charge in [0.15, 0.2) is 11.0 Å². The van der Waals surface area contributed by atoms with Gasteiger partial charge in [-0.05, 0) is 48.2 Å². The summed E-state index contributed by atoms with van der Waals surface area (Å²) in [6.07, 6.45) is 2.28. The maximum Gasteiger partial charge on any atom is 0.255 e. The van der Waals surface area contributed by atoms with E-state index in [0.717, 1.165) is 0 Å². The van der Waals surface area contributed by atoms with Crippen molar-refractivity contribution in [2.24, 2.45) is 0 Å². The van der Waals surface area contributed by atoms with Crippen LogP contribution in [0.4, 0.5) is 0 Å². The molecule has 0 atom stereocenters. The molecule has 0 saturated carbocycles. The molecule has 0 aliphatic carbocycles. The Morgan fingerprint density at radius 2 is 1.26 bits per heavy atom. The third-order valence-corrected chi connectivity index (χ3v) is 7.38. The van der Waals surface area contributed by atoms with Crippen molar-refractivity contribution < 1.29 is 17.0 Å². The number of hydrogen-bond donors (Lipinski definition) is 0. The van der Waals surface area contributed by atoms with Crippen LogP contribution in [0.25, 0.3) is 22.4 Å². The lowest BCUT2D eigenvalue weighted by Crippen LogP contribution is -3.00. The van der Waals surface area contributed by atoms with Crippen LogP contribution in [0.5, 0.6) is 0 Å². The molecule has 0 radical (unpaired) electrons. The van der Waals surface area contributed by atoms with E-state index in [9.17, 15) is 0 Å². The minimum absolute atomic E-state index is 0. The van der Waals surface area contributed by atoms with Gasteiger partial charge >= 0.3 is 0 Å². The van der Waals surface area contributed by atoms with Gasteiger partial charge in [0.1, 0.15) is 11.4 Å². The maximum atomic E-state index is 2.41. The summed E-state index contributed by atoms with van der Waals surface area (Å²) in [6, 6.07) is 34.8. The minimum Gasteiger partial charge on any atom is -1.00 e. The Bertz CT molecular complexity index is 1410. The quantitative estimate of drug-likeness (QED) is 0.288. The van der Waals surface area contributed by atoms with E-state index >= 15 is 0 Å². The third-order valence-electron chi connectivity index (χ3n) is 6.31. The molecule has 0 amide bonds. The van der Waals surface area contributed by atoms with E-state index in [0.29, 0.717) is 11.8 Å². The van der Waals surface area contributed by atoms with Gasteiger partial charge in [-0.15, -0.1) is 0 Å². The van der Waals surface area contributed by atoms with Gasteiger partial charge in [-0.1, -0.05) is 100 Å². The topological polar surface area (TPSA) is 8.81 Å². The summed E-state index contributed by atoms with van der Waals surface area (Å²) in [5.41, 5.74) is 7.70. The van der Waals surface area contributed by atoms with Gasteiger partial charge in [-0.2, -0.15) is 9.13 Å². The molecule has 2 nitrogen and oxygen atoms in total. The molecule has 0 unspecified atom stereocenters. The summed E-state index contributed by atoms with van der Waals surface area (Å²) in [7, 11) is 0. The first-order chi connectivity index (χ1) is 16.5. The normalized spacial score (nSPS) is 11.3. The Balaban J connectivity index is 0.00000289. The van der Waals surface area contributed by atoms with E-state index in [-0.39, 0.29) is 12.4 Å². The van der Waals surface area contributed by atoms with E-state index in [1.807, 2.05) is 11.8 Å². The summed E-state index contributed by atoms with van der Waals surface area (Å²) in [4.78, 5) is 2.48. The Morgan fingerprint density at radius 1 is 0.657 bits per heavy atom. The number of hydrogen-bond acceptors (Lipinski definition) is 1. The number of benzene rings is 4. The van der Waals surface area contributed by atoms with Crippen LogP contribution in [0.15, 0.2) is 113 Å². The van der Waals surface area contributed by atoms with Crippen LogP contribution in [-0.2, 0) is 0 Å². The largest absolute Gasteiger partial charge is 1.00 e. The smallest absolute Gasteiger partial charge is 0.255 e. The highest BCUT2D eigenvalue weighted by atomic mass is 35.5. The fourth-order valence-corrected chi connectivity index (χ4v) is 5.59. The van der Waals surface area contributed by atoms with Gasteiger partial charge in [-0.3, -0.25) is 0 Å². The highest BCUT2D eigenvalue weighted by Gasteiger charge is 2.26. The molecule has 0 spiro atoms. The van der Waals surface area contributed by atoms with Gasteiger partial charge < -0.3 is 12.4 Å². The first kappa shape index (κ1) is 25.1. The van der Waals surface area contributed by atoms with Crippen molar-refractivity contribution in [3.8, 4) is 11.4 Å². The number of fused-ring (bicyclic) bond motifs is 1. The summed E-state index contributed by atoms with van der Waals surface area (Å²) in [5.74, 6) is 0.869. The average molecular weight is 499 g/mol. The van der Waals surface area contributed by atoms with Crippen LogP contribution in [0.3, 0.4) is 0 Å². The van der Waals surface area contributed by atoms with Gasteiger partial charge in [0.05, 0.1) is 4.90 Å². The van der Waals surface area contributed by atoms with Crippen molar-refractivity contribution in [2.45, 2.75) is 49.3 Å². The van der Waals surface area contributed by atoms with Crippen molar-refractivity contribution in [3.05, 3.63) is 115 Å². The predicted octanol–water partition coefficient (Wildman–Crippen LogP) is 5.31. The van der Waals surface area contributed by atoms with Crippen LogP contribution >= 0.6 is 11.8 Å². The number of aromatic nitrogens is 2. The molecule has 0 N–H and O–H groups in total. The van der Waals surface area contributed by atoms with E-state index in [4.69, 9.17) is 0 Å². The first-order valence-electron chi connectivity index (χ1n) is 12.0. The standard InChI is InChI=1S/C31H31N2S.ClH/c1-22(2)25-15-12-16-26(23(3)4)31(25)33-21-32(27-17-8-9-18-28(27)33)29-19-10-11-20-30(29)34-24-13-6-5-7-14-24;/h5-23H,1-4H3;1H/q+1;/p-1. The molecule has 178 valence electrons. The van der Waals surface area contributed by atoms with Crippen molar-refractivity contribution in [3.63, 3.8) is 0 Å². The maximum absolute atomic E-state index is 2.41. The van der Waals surface area contributed by atoms with Crippen molar-refractivity contribution in [1.82, 2.24) is 4.57 Å². The van der Waals surface area contributed by atoms with Crippen molar-refractivity contribution in [2.75, 3.05) is 0 Å². The van der Waals surface area contributed by atoms with E-state index in [1.54, 1.807) is 0 Å². The molecule has 0 bridgehead atoms. The monoisotopic (exact) mass is 498 g/mol. The van der Waals surface area contributed by atoms with E-state index < -0.39 is 0 Å². The minimum atomic E-state index is 0. The average Bonchev–Trinajstić information content (AvgIpc) is 3.24. The van der Waals surface area contributed by atoms with Crippen LogP contribution in [0.2, 0.25) is 0 Å². The molecule has 1 aromatic heterocycles. The van der Waals surface area contributed by atoms with Gasteiger partial charge in [0.2, 0.25) is 0 Å². The fraction of sp³-hybridized carbons (Fsp3) is 0.194. The summed E-state index contributed by atoms with van der Waals surface area (Å²) in [5, 5.41) is 0. The zero-order valence-corrected chi connectivity index (χ0v) is 22.2. The first-order valence-corrected chi connectivity index (χ1v) is 12.8. The van der Waals surface area contributed by atoms with E-state index in [2.05, 4.69) is 140 Å². The molecule has 0 aliphatic rings. The lowest BCUT2D eigenvalue weighted by atomic mass is 9.92. The Labute approximate surface area is 219 Å². The highest BCUT2D eigenvalue weighted by Crippen LogP contribution is 2.34. The SMILES string of the molecule is CC(C)c1cccc(C(C)C)c1-[n+]1cn(-c2ccccc2Sc2ccccc2)c2ccccc21.[Cl-]. The molecule has 4 aromatic carbocycles. The fourth-order valence-electron chi connectivity index (χ4n) is 4.63. The second kappa shape index (κ2) is 10.7. The Hall–Kier alpha value is -3.01. The molecule has 0 aliphatic heterocycles. The molecule has 4 heteroatoms. The molecule has 0 saturated heterocycles. The van der Waals surface area contributed by atoms with Crippen LogP contribution < -0.4 is 17.0 Å². The Kier molecular flexibility index (Phi) is 7.69. The summed E-state index contributed by atoms with van der Waals surface area (Å²) < 4.78 is 4.76. The molecule has 5 rings (SSSR count). The number of rotatable bonds is 6. The molecular weight excluding hydrogens is 468 g/mol. The number of imidazole rings is 1. The lowest BCUT2D eigenvalue weighted by molar-refractivity contribution is -0.569. The zero-order valence-electron chi connectivity index (χ0n) is 20.7. The highest BCUT2D eigenvalue weighted by molar-refractivity contribution is 7.99. The molecule has 1 heterocycles. The lowest BCUT2D eigenvalue weighted by Gasteiger charge is -2.16. The van der Waals surface area contributed by atoms with Crippen molar-refractivity contribution in [1.29, 1.82) is 0 Å². The summed E-state index contributed by atoms with van der Waals surface area (Å²) in [6.45, 7) is 9.14. The zero-order chi connectivity index (χ0) is 23.7. The second-order valence-electron chi connectivity index (χ2n) is 9.32. The van der Waals surface area contributed by atoms with Crippen molar-refractivity contribution >= 4 is 22.8 Å².